The lowest BCUT2D eigenvalue weighted by Crippen LogP contribution is -2.01. The van der Waals surface area contributed by atoms with Crippen LogP contribution in [0.25, 0.3) is 31.2 Å². The maximum atomic E-state index is 6.41. The molecule has 9 heteroatoms. The predicted molar refractivity (Wildman–Crippen MR) is 120 cm³/mol. The van der Waals surface area contributed by atoms with Crippen LogP contribution < -0.4 is 0 Å². The molecule has 4 rings (SSSR count). The topological polar surface area (TPSA) is 76.3 Å². The molecule has 0 N–H and O–H groups in total. The standard InChI is InChI=1S/C17H11ClN6S2.C2H4/c1-19-16(20-2)12-13-9(3-4-25-13)5-11(23-12)14-15(18)24-17(26-14)10-6-21-8-22-7-10;1-2/h3-8H,1H2,2H3;1-2H2. The number of rotatable bonds is 3. The number of hydrogen-bond acceptors (Lipinski definition) is 7. The van der Waals surface area contributed by atoms with Gasteiger partial charge in [0, 0.05) is 25.0 Å². The molecule has 4 aromatic heterocycles. The number of thiophene rings is 1. The molecule has 0 aliphatic carbocycles. The van der Waals surface area contributed by atoms with E-state index in [0.29, 0.717) is 16.7 Å². The van der Waals surface area contributed by atoms with Gasteiger partial charge in [-0.25, -0.2) is 24.9 Å². The van der Waals surface area contributed by atoms with Crippen LogP contribution in [0, 0.1) is 0 Å². The molecule has 0 atom stereocenters. The van der Waals surface area contributed by atoms with Gasteiger partial charge in [0.1, 0.15) is 22.2 Å². The number of aliphatic imine (C=N–C) groups is 2. The molecular weight excluding hydrogens is 412 g/mol. The smallest absolute Gasteiger partial charge is 0.174 e. The molecule has 4 aromatic rings. The Kier molecular flexibility index (Phi) is 6.35. The van der Waals surface area contributed by atoms with Gasteiger partial charge in [-0.05, 0) is 29.6 Å². The molecule has 0 amide bonds. The van der Waals surface area contributed by atoms with E-state index in [4.69, 9.17) is 16.6 Å². The summed E-state index contributed by atoms with van der Waals surface area (Å²) in [6.07, 6.45) is 4.89. The van der Waals surface area contributed by atoms with Crippen LogP contribution in [-0.4, -0.2) is 39.5 Å². The van der Waals surface area contributed by atoms with Crippen molar-refractivity contribution in [3.05, 3.63) is 60.2 Å². The number of pyridine rings is 1. The maximum Gasteiger partial charge on any atom is 0.174 e. The summed E-state index contributed by atoms with van der Waals surface area (Å²) in [7, 11) is 1.67. The van der Waals surface area contributed by atoms with E-state index in [2.05, 4.69) is 44.8 Å². The molecule has 0 unspecified atom stereocenters. The van der Waals surface area contributed by atoms with Crippen LogP contribution in [0.2, 0.25) is 5.15 Å². The van der Waals surface area contributed by atoms with Gasteiger partial charge >= 0.3 is 0 Å². The average Bonchev–Trinajstić information content (AvgIpc) is 3.37. The third-order valence-electron chi connectivity index (χ3n) is 3.63. The Labute approximate surface area is 175 Å². The number of fused-ring (bicyclic) bond motifs is 1. The van der Waals surface area contributed by atoms with Crippen molar-refractivity contribution in [3.63, 3.8) is 0 Å². The van der Waals surface area contributed by atoms with Crippen LogP contribution in [0.1, 0.15) is 5.69 Å². The fraction of sp³-hybridized carbons (Fsp3) is 0.0526. The van der Waals surface area contributed by atoms with Crippen LogP contribution in [0.15, 0.2) is 59.4 Å². The molecule has 0 radical (unpaired) electrons. The minimum absolute atomic E-state index is 0.392. The third-order valence-corrected chi connectivity index (χ3v) is 6.08. The van der Waals surface area contributed by atoms with E-state index < -0.39 is 0 Å². The van der Waals surface area contributed by atoms with Crippen molar-refractivity contribution in [1.29, 1.82) is 0 Å². The van der Waals surface area contributed by atoms with Gasteiger partial charge in [-0.3, -0.25) is 4.99 Å². The molecule has 4 heterocycles. The number of thiazole rings is 1. The average molecular weight is 427 g/mol. The normalized spacial score (nSPS) is 11.1. The minimum atomic E-state index is 0.392. The van der Waals surface area contributed by atoms with Crippen molar-refractivity contribution < 1.29 is 0 Å². The first-order chi connectivity index (χ1) is 13.7. The van der Waals surface area contributed by atoms with Gasteiger partial charge in [0.2, 0.25) is 0 Å². The highest BCUT2D eigenvalue weighted by Crippen LogP contribution is 2.39. The SMILES string of the molecule is C=C.C=NC(=NC)c1nc(-c2sc(-c3cncnc3)nc2Cl)cc2ccsc12. The zero-order valence-corrected chi connectivity index (χ0v) is 17.4. The molecule has 140 valence electrons. The summed E-state index contributed by atoms with van der Waals surface area (Å²) in [5.41, 5.74) is 2.23. The van der Waals surface area contributed by atoms with Crippen molar-refractivity contribution in [2.24, 2.45) is 9.98 Å². The second-order valence-electron chi connectivity index (χ2n) is 5.17. The molecule has 0 spiro atoms. The number of halogens is 1. The molecule has 0 aromatic carbocycles. The van der Waals surface area contributed by atoms with Gasteiger partial charge in [-0.2, -0.15) is 0 Å². The van der Waals surface area contributed by atoms with Crippen molar-refractivity contribution in [1.82, 2.24) is 19.9 Å². The van der Waals surface area contributed by atoms with Crippen molar-refractivity contribution >= 4 is 56.9 Å². The Morgan fingerprint density at radius 1 is 1.18 bits per heavy atom. The van der Waals surface area contributed by atoms with E-state index in [9.17, 15) is 0 Å². The van der Waals surface area contributed by atoms with Crippen LogP contribution >= 0.6 is 34.3 Å². The van der Waals surface area contributed by atoms with Crippen molar-refractivity contribution in [3.8, 4) is 21.1 Å². The number of nitrogens with zero attached hydrogens (tertiary/aromatic N) is 6. The first-order valence-corrected chi connectivity index (χ1v) is 10.0. The third kappa shape index (κ3) is 3.75. The van der Waals surface area contributed by atoms with Gasteiger partial charge < -0.3 is 0 Å². The molecule has 0 fully saturated rings. The molecule has 0 aliphatic heterocycles. The zero-order valence-electron chi connectivity index (χ0n) is 15.0. The molecule has 0 saturated carbocycles. The highest BCUT2D eigenvalue weighted by molar-refractivity contribution is 7.19. The largest absolute Gasteiger partial charge is 0.268 e. The van der Waals surface area contributed by atoms with Crippen LogP contribution in [0.3, 0.4) is 0 Å². The minimum Gasteiger partial charge on any atom is -0.268 e. The fourth-order valence-electron chi connectivity index (χ4n) is 2.49. The summed E-state index contributed by atoms with van der Waals surface area (Å²) in [6.45, 7) is 9.60. The fourth-order valence-corrected chi connectivity index (χ4v) is 4.59. The summed E-state index contributed by atoms with van der Waals surface area (Å²) in [5, 5.41) is 4.19. The Bertz CT molecular complexity index is 1150. The maximum absolute atomic E-state index is 6.41. The number of hydrogen-bond donors (Lipinski definition) is 0. The molecule has 6 nitrogen and oxygen atoms in total. The van der Waals surface area contributed by atoms with Crippen LogP contribution in [0.5, 0.6) is 0 Å². The van der Waals surface area contributed by atoms with Crippen LogP contribution in [-0.2, 0) is 0 Å². The van der Waals surface area contributed by atoms with E-state index in [1.807, 2.05) is 17.5 Å². The summed E-state index contributed by atoms with van der Waals surface area (Å²) < 4.78 is 1.01. The highest BCUT2D eigenvalue weighted by atomic mass is 35.5. The summed E-state index contributed by atoms with van der Waals surface area (Å²) in [6, 6.07) is 4.03. The van der Waals surface area contributed by atoms with Crippen molar-refractivity contribution in [2.45, 2.75) is 0 Å². The van der Waals surface area contributed by atoms with Gasteiger partial charge in [0.25, 0.3) is 0 Å². The molecule has 0 saturated heterocycles. The Morgan fingerprint density at radius 3 is 2.61 bits per heavy atom. The van der Waals surface area contributed by atoms with E-state index in [-0.39, 0.29) is 0 Å². The van der Waals surface area contributed by atoms with Gasteiger partial charge in [0.15, 0.2) is 5.84 Å². The quantitative estimate of drug-likeness (QED) is 0.249. The van der Waals surface area contributed by atoms with E-state index in [0.717, 1.165) is 31.2 Å². The number of aromatic nitrogens is 4. The Balaban J connectivity index is 0.00000109. The lowest BCUT2D eigenvalue weighted by molar-refractivity contribution is 1.17. The number of amidine groups is 1. The molecular formula is C19H15ClN6S2. The Morgan fingerprint density at radius 2 is 1.93 bits per heavy atom. The summed E-state index contributed by atoms with van der Waals surface area (Å²) in [4.78, 5) is 26.2. The predicted octanol–water partition coefficient (Wildman–Crippen LogP) is 5.41. The van der Waals surface area contributed by atoms with E-state index >= 15 is 0 Å². The van der Waals surface area contributed by atoms with E-state index in [1.165, 1.54) is 17.7 Å². The summed E-state index contributed by atoms with van der Waals surface area (Å²) in [5.74, 6) is 0.497. The molecule has 0 aliphatic rings. The van der Waals surface area contributed by atoms with E-state index in [1.54, 1.807) is 30.8 Å². The molecule has 28 heavy (non-hydrogen) atoms. The lowest BCUT2D eigenvalue weighted by atomic mass is 10.2. The summed E-state index contributed by atoms with van der Waals surface area (Å²) >= 11 is 9.44. The second kappa shape index (κ2) is 8.92. The van der Waals surface area contributed by atoms with Gasteiger partial charge in [-0.15, -0.1) is 35.8 Å². The first-order valence-electron chi connectivity index (χ1n) is 7.95. The van der Waals surface area contributed by atoms with Gasteiger partial charge in [-0.1, -0.05) is 11.6 Å². The lowest BCUT2D eigenvalue weighted by Gasteiger charge is -2.05. The van der Waals surface area contributed by atoms with Crippen molar-refractivity contribution in [2.75, 3.05) is 7.05 Å². The zero-order chi connectivity index (χ0) is 20.1. The van der Waals surface area contributed by atoms with Crippen LogP contribution in [0.4, 0.5) is 0 Å². The Hall–Kier alpha value is -2.81. The highest BCUT2D eigenvalue weighted by Gasteiger charge is 2.18. The monoisotopic (exact) mass is 426 g/mol. The second-order valence-corrected chi connectivity index (χ2v) is 7.44. The molecule has 0 bridgehead atoms. The van der Waals surface area contributed by atoms with Gasteiger partial charge in [0.05, 0.1) is 15.3 Å². The first kappa shape index (κ1) is 19.9.